The molecule has 2 amide bonds. The highest BCUT2D eigenvalue weighted by atomic mass is 32.2. The first-order valence-corrected chi connectivity index (χ1v) is 9.79. The predicted molar refractivity (Wildman–Crippen MR) is 82.1 cm³/mol. The minimum absolute atomic E-state index is 0.0423. The van der Waals surface area contributed by atoms with E-state index in [9.17, 15) is 18.0 Å². The number of sulfone groups is 1. The quantitative estimate of drug-likeness (QED) is 0.741. The smallest absolute Gasteiger partial charge is 0.326 e. The molecule has 1 heterocycles. The van der Waals surface area contributed by atoms with Gasteiger partial charge in [-0.25, -0.2) is 18.0 Å². The number of carbonyl (C=O) groups is 2. The minimum atomic E-state index is -3.39. The summed E-state index contributed by atoms with van der Waals surface area (Å²) in [6.45, 7) is 3.67. The van der Waals surface area contributed by atoms with Crippen molar-refractivity contribution in [3.8, 4) is 0 Å². The third-order valence-electron chi connectivity index (χ3n) is 3.34. The number of amides is 2. The third kappa shape index (κ3) is 4.77. The lowest BCUT2D eigenvalue weighted by molar-refractivity contribution is -0.139. The minimum Gasteiger partial charge on any atom is -0.480 e. The molecule has 0 aromatic rings. The van der Waals surface area contributed by atoms with Crippen LogP contribution in [0.4, 0.5) is 4.79 Å². The number of hydrogen-bond donors (Lipinski definition) is 2. The first-order chi connectivity index (χ1) is 9.83. The maximum Gasteiger partial charge on any atom is 0.326 e. The summed E-state index contributed by atoms with van der Waals surface area (Å²) in [5.74, 6) is -0.171. The molecule has 1 aliphatic heterocycles. The fourth-order valence-corrected chi connectivity index (χ4v) is 5.05. The predicted octanol–water partition coefficient (Wildman–Crippen LogP) is 0.759. The van der Waals surface area contributed by atoms with Crippen LogP contribution >= 0.6 is 11.8 Å². The first-order valence-electron chi connectivity index (χ1n) is 6.92. The number of nitrogens with one attached hydrogen (secondary N) is 1. The van der Waals surface area contributed by atoms with Crippen LogP contribution in [0.2, 0.25) is 0 Å². The van der Waals surface area contributed by atoms with E-state index >= 15 is 0 Å². The molecular formula is C12H22N2O5S2. The number of carboxylic acids is 1. The van der Waals surface area contributed by atoms with Crippen LogP contribution in [-0.2, 0) is 14.6 Å². The lowest BCUT2D eigenvalue weighted by Crippen LogP contribution is -2.56. The number of thioether (sulfide) groups is 1. The molecule has 1 saturated heterocycles. The second-order valence-corrected chi connectivity index (χ2v) is 8.40. The molecule has 2 atom stereocenters. The molecule has 1 fully saturated rings. The van der Waals surface area contributed by atoms with Crippen LogP contribution < -0.4 is 5.32 Å². The van der Waals surface area contributed by atoms with E-state index < -0.39 is 33.3 Å². The van der Waals surface area contributed by atoms with E-state index in [2.05, 4.69) is 5.32 Å². The molecule has 0 bridgehead atoms. The van der Waals surface area contributed by atoms with Gasteiger partial charge in [-0.3, -0.25) is 0 Å². The van der Waals surface area contributed by atoms with Crippen molar-refractivity contribution in [2.45, 2.75) is 38.1 Å². The third-order valence-corrected chi connectivity index (χ3v) is 6.62. The van der Waals surface area contributed by atoms with Gasteiger partial charge in [-0.2, -0.15) is 11.8 Å². The van der Waals surface area contributed by atoms with E-state index in [-0.39, 0.29) is 5.75 Å². The van der Waals surface area contributed by atoms with Crippen LogP contribution in [0.15, 0.2) is 0 Å². The Labute approximate surface area is 129 Å². The van der Waals surface area contributed by atoms with Crippen molar-refractivity contribution < 1.29 is 23.1 Å². The standard InChI is InChI=1S/C12H22N2O5S2/c1-3-5-9(11(15)16)13-12(17)14-6-7-20-8-10(14)21(18,19)4-2/h9-10H,3-8H2,1-2H3,(H,13,17)(H,15,16)/t9-,10?/m1/s1. The summed E-state index contributed by atoms with van der Waals surface area (Å²) in [5, 5.41) is 10.6. The molecule has 1 rings (SSSR count). The Morgan fingerprint density at radius 1 is 1.43 bits per heavy atom. The van der Waals surface area contributed by atoms with Crippen molar-refractivity contribution in [3.05, 3.63) is 0 Å². The molecule has 2 N–H and O–H groups in total. The SMILES string of the molecule is CCC[C@@H](NC(=O)N1CCSCC1S(=O)(=O)CC)C(=O)O. The Hall–Kier alpha value is -0.960. The lowest BCUT2D eigenvalue weighted by atomic mass is 10.2. The van der Waals surface area contributed by atoms with Gasteiger partial charge >= 0.3 is 12.0 Å². The van der Waals surface area contributed by atoms with Gasteiger partial charge in [-0.1, -0.05) is 20.3 Å². The Kier molecular flexibility index (Phi) is 6.79. The van der Waals surface area contributed by atoms with Gasteiger partial charge in [-0.15, -0.1) is 0 Å². The monoisotopic (exact) mass is 338 g/mol. The molecule has 0 aromatic heterocycles. The van der Waals surface area contributed by atoms with Crippen LogP contribution in [0, 0.1) is 0 Å². The summed E-state index contributed by atoms with van der Waals surface area (Å²) >= 11 is 1.48. The van der Waals surface area contributed by atoms with Crippen molar-refractivity contribution in [3.63, 3.8) is 0 Å². The number of hydrogen-bond acceptors (Lipinski definition) is 5. The molecule has 9 heteroatoms. The Morgan fingerprint density at radius 3 is 2.62 bits per heavy atom. The summed E-state index contributed by atoms with van der Waals surface area (Å²) in [6, 6.07) is -1.60. The highest BCUT2D eigenvalue weighted by Crippen LogP contribution is 2.21. The van der Waals surface area contributed by atoms with E-state index in [1.165, 1.54) is 16.7 Å². The van der Waals surface area contributed by atoms with Gasteiger partial charge in [0.05, 0.1) is 0 Å². The molecular weight excluding hydrogens is 316 g/mol. The van der Waals surface area contributed by atoms with Crippen LogP contribution in [0.5, 0.6) is 0 Å². The summed E-state index contributed by atoms with van der Waals surface area (Å²) < 4.78 is 24.1. The van der Waals surface area contributed by atoms with Crippen LogP contribution in [0.1, 0.15) is 26.7 Å². The highest BCUT2D eigenvalue weighted by molar-refractivity contribution is 8.01. The van der Waals surface area contributed by atoms with Crippen molar-refractivity contribution in [2.75, 3.05) is 23.8 Å². The second-order valence-electron chi connectivity index (χ2n) is 4.80. The van der Waals surface area contributed by atoms with Crippen molar-refractivity contribution in [2.24, 2.45) is 0 Å². The maximum absolute atomic E-state index is 12.2. The average Bonchev–Trinajstić information content (AvgIpc) is 2.46. The van der Waals surface area contributed by atoms with Gasteiger partial charge in [0.2, 0.25) is 0 Å². The van der Waals surface area contributed by atoms with E-state index in [1.807, 2.05) is 6.92 Å². The van der Waals surface area contributed by atoms with E-state index in [0.29, 0.717) is 30.9 Å². The van der Waals surface area contributed by atoms with Gasteiger partial charge in [-0.05, 0) is 6.42 Å². The normalized spacial score (nSPS) is 20.9. The molecule has 0 aliphatic carbocycles. The van der Waals surface area contributed by atoms with Gasteiger partial charge in [0.1, 0.15) is 11.4 Å². The molecule has 1 unspecified atom stereocenters. The van der Waals surface area contributed by atoms with Gasteiger partial charge in [0.15, 0.2) is 9.84 Å². The van der Waals surface area contributed by atoms with Crippen LogP contribution in [0.25, 0.3) is 0 Å². The van der Waals surface area contributed by atoms with E-state index in [0.717, 1.165) is 0 Å². The summed E-state index contributed by atoms with van der Waals surface area (Å²) in [7, 11) is -3.39. The number of nitrogens with zero attached hydrogens (tertiary/aromatic N) is 1. The van der Waals surface area contributed by atoms with Crippen molar-refractivity contribution in [1.82, 2.24) is 10.2 Å². The Morgan fingerprint density at radius 2 is 2.10 bits per heavy atom. The largest absolute Gasteiger partial charge is 0.480 e. The molecule has 21 heavy (non-hydrogen) atoms. The van der Waals surface area contributed by atoms with Crippen LogP contribution in [-0.4, -0.2) is 65.6 Å². The van der Waals surface area contributed by atoms with Crippen molar-refractivity contribution in [1.29, 1.82) is 0 Å². The second kappa shape index (κ2) is 7.88. The van der Waals surface area contributed by atoms with Gasteiger partial charge in [0, 0.05) is 23.8 Å². The molecule has 1 aliphatic rings. The van der Waals surface area contributed by atoms with Crippen molar-refractivity contribution >= 4 is 33.6 Å². The topological polar surface area (TPSA) is 104 Å². The molecule has 7 nitrogen and oxygen atoms in total. The number of carbonyl (C=O) groups excluding carboxylic acids is 1. The Balaban J connectivity index is 2.84. The molecule has 0 radical (unpaired) electrons. The molecule has 0 saturated carbocycles. The van der Waals surface area contributed by atoms with Gasteiger partial charge in [0.25, 0.3) is 0 Å². The lowest BCUT2D eigenvalue weighted by Gasteiger charge is -2.35. The number of carboxylic acid groups (broad SMARTS) is 1. The van der Waals surface area contributed by atoms with E-state index in [4.69, 9.17) is 5.11 Å². The first kappa shape index (κ1) is 18.1. The highest BCUT2D eigenvalue weighted by Gasteiger charge is 2.36. The molecule has 0 aromatic carbocycles. The summed E-state index contributed by atoms with van der Waals surface area (Å²) in [6.07, 6.45) is 0.929. The zero-order chi connectivity index (χ0) is 16.0. The maximum atomic E-state index is 12.2. The fraction of sp³-hybridized carbons (Fsp3) is 0.833. The average molecular weight is 338 g/mol. The molecule has 0 spiro atoms. The Bertz CT molecular complexity index is 480. The number of aliphatic carboxylic acids is 1. The number of rotatable bonds is 6. The summed E-state index contributed by atoms with van der Waals surface area (Å²) in [4.78, 5) is 24.6. The zero-order valence-electron chi connectivity index (χ0n) is 12.2. The van der Waals surface area contributed by atoms with Gasteiger partial charge < -0.3 is 15.3 Å². The van der Waals surface area contributed by atoms with E-state index in [1.54, 1.807) is 6.92 Å². The molecule has 122 valence electrons. The zero-order valence-corrected chi connectivity index (χ0v) is 13.9. The fourth-order valence-electron chi connectivity index (χ4n) is 2.08. The number of urea groups is 1. The van der Waals surface area contributed by atoms with Crippen LogP contribution in [0.3, 0.4) is 0 Å². The summed E-state index contributed by atoms with van der Waals surface area (Å²) in [5.41, 5.74) is 0.